The number of thioether (sulfide) groups is 1. The lowest BCUT2D eigenvalue weighted by Crippen LogP contribution is -2.02. The molecule has 0 spiro atoms. The van der Waals surface area contributed by atoms with Crippen molar-refractivity contribution in [3.8, 4) is 0 Å². The SMILES string of the molecule is Cc1cccc(CSC[C@@H](C)O)c1. The molecular formula is C11H16OS. The summed E-state index contributed by atoms with van der Waals surface area (Å²) in [6, 6.07) is 8.49. The second-order valence-corrected chi connectivity index (χ2v) is 4.38. The zero-order valence-corrected chi connectivity index (χ0v) is 8.97. The maximum atomic E-state index is 9.06. The van der Waals surface area contributed by atoms with Crippen LogP contribution in [0.15, 0.2) is 24.3 Å². The van der Waals surface area contributed by atoms with Crippen molar-refractivity contribution in [2.24, 2.45) is 0 Å². The first kappa shape index (κ1) is 10.6. The van der Waals surface area contributed by atoms with Gasteiger partial charge in [0.2, 0.25) is 0 Å². The number of hydrogen-bond donors (Lipinski definition) is 1. The summed E-state index contributed by atoms with van der Waals surface area (Å²) in [6.07, 6.45) is -0.199. The average Bonchev–Trinajstić information content (AvgIpc) is 2.03. The van der Waals surface area contributed by atoms with Crippen LogP contribution in [-0.2, 0) is 5.75 Å². The topological polar surface area (TPSA) is 20.2 Å². The average molecular weight is 196 g/mol. The molecule has 0 aliphatic heterocycles. The number of aliphatic hydroxyl groups excluding tert-OH is 1. The maximum absolute atomic E-state index is 9.06. The van der Waals surface area contributed by atoms with Gasteiger partial charge < -0.3 is 5.11 Å². The number of benzene rings is 1. The van der Waals surface area contributed by atoms with Crippen molar-refractivity contribution in [3.05, 3.63) is 35.4 Å². The fraction of sp³-hybridized carbons (Fsp3) is 0.455. The summed E-state index contributed by atoms with van der Waals surface area (Å²) in [7, 11) is 0. The van der Waals surface area contributed by atoms with Crippen LogP contribution in [0, 0.1) is 6.92 Å². The van der Waals surface area contributed by atoms with Gasteiger partial charge in [0.15, 0.2) is 0 Å². The minimum Gasteiger partial charge on any atom is -0.393 e. The number of aliphatic hydroxyl groups is 1. The summed E-state index contributed by atoms with van der Waals surface area (Å²) >= 11 is 1.77. The molecule has 0 unspecified atom stereocenters. The van der Waals surface area contributed by atoms with Crippen LogP contribution in [0.5, 0.6) is 0 Å². The third-order valence-corrected chi connectivity index (χ3v) is 2.97. The van der Waals surface area contributed by atoms with Gasteiger partial charge in [-0.15, -0.1) is 0 Å². The Labute approximate surface area is 84.2 Å². The molecule has 0 heterocycles. The number of hydrogen-bond acceptors (Lipinski definition) is 2. The molecule has 1 aromatic rings. The summed E-state index contributed by atoms with van der Waals surface area (Å²) in [5.74, 6) is 1.81. The lowest BCUT2D eigenvalue weighted by Gasteiger charge is -2.04. The fourth-order valence-corrected chi connectivity index (χ4v) is 2.02. The van der Waals surface area contributed by atoms with Gasteiger partial charge in [-0.25, -0.2) is 0 Å². The molecule has 0 bridgehead atoms. The Morgan fingerprint density at radius 3 is 2.85 bits per heavy atom. The van der Waals surface area contributed by atoms with Crippen LogP contribution >= 0.6 is 11.8 Å². The van der Waals surface area contributed by atoms with Gasteiger partial charge in [-0.3, -0.25) is 0 Å². The predicted molar refractivity (Wildman–Crippen MR) is 59.0 cm³/mol. The molecule has 0 aliphatic rings. The Bertz CT molecular complexity index is 258. The normalized spacial score (nSPS) is 12.8. The van der Waals surface area contributed by atoms with E-state index in [1.54, 1.807) is 11.8 Å². The number of aryl methyl sites for hydroxylation is 1. The van der Waals surface area contributed by atoms with E-state index in [0.29, 0.717) is 0 Å². The first-order valence-electron chi connectivity index (χ1n) is 4.50. The molecule has 1 nitrogen and oxygen atoms in total. The van der Waals surface area contributed by atoms with Gasteiger partial charge in [0, 0.05) is 11.5 Å². The van der Waals surface area contributed by atoms with Crippen molar-refractivity contribution in [1.82, 2.24) is 0 Å². The first-order valence-corrected chi connectivity index (χ1v) is 5.65. The molecule has 0 saturated carbocycles. The third-order valence-electron chi connectivity index (χ3n) is 1.71. The highest BCUT2D eigenvalue weighted by molar-refractivity contribution is 7.98. The highest BCUT2D eigenvalue weighted by atomic mass is 32.2. The smallest absolute Gasteiger partial charge is 0.0602 e. The monoisotopic (exact) mass is 196 g/mol. The molecule has 0 fully saturated rings. The summed E-state index contributed by atoms with van der Waals surface area (Å²) in [5.41, 5.74) is 2.64. The van der Waals surface area contributed by atoms with Crippen LogP contribution in [0.1, 0.15) is 18.1 Å². The van der Waals surface area contributed by atoms with Gasteiger partial charge in [0.1, 0.15) is 0 Å². The van der Waals surface area contributed by atoms with Gasteiger partial charge in [0.05, 0.1) is 6.10 Å². The van der Waals surface area contributed by atoms with E-state index in [9.17, 15) is 0 Å². The van der Waals surface area contributed by atoms with Crippen LogP contribution in [0.2, 0.25) is 0 Å². The Morgan fingerprint density at radius 2 is 2.23 bits per heavy atom. The van der Waals surface area contributed by atoms with E-state index in [2.05, 4.69) is 31.2 Å². The second kappa shape index (κ2) is 5.30. The summed E-state index contributed by atoms with van der Waals surface area (Å²) in [6.45, 7) is 3.92. The highest BCUT2D eigenvalue weighted by Gasteiger charge is 1.97. The van der Waals surface area contributed by atoms with Gasteiger partial charge >= 0.3 is 0 Å². The van der Waals surface area contributed by atoms with Crippen LogP contribution in [-0.4, -0.2) is 17.0 Å². The molecule has 1 N–H and O–H groups in total. The standard InChI is InChI=1S/C11H16OS/c1-9-4-3-5-11(6-9)8-13-7-10(2)12/h3-6,10,12H,7-8H2,1-2H3/t10-/m1/s1. The third kappa shape index (κ3) is 4.34. The van der Waals surface area contributed by atoms with Crippen molar-refractivity contribution in [1.29, 1.82) is 0 Å². The molecule has 1 atom stereocenters. The predicted octanol–water partition coefficient (Wildman–Crippen LogP) is 2.61. The molecule has 1 rings (SSSR count). The van der Waals surface area contributed by atoms with Crippen LogP contribution in [0.25, 0.3) is 0 Å². The summed E-state index contributed by atoms with van der Waals surface area (Å²) < 4.78 is 0. The van der Waals surface area contributed by atoms with E-state index in [-0.39, 0.29) is 6.10 Å². The zero-order chi connectivity index (χ0) is 9.68. The molecule has 0 radical (unpaired) electrons. The lowest BCUT2D eigenvalue weighted by molar-refractivity contribution is 0.220. The summed E-state index contributed by atoms with van der Waals surface area (Å²) in [4.78, 5) is 0. The van der Waals surface area contributed by atoms with Crippen molar-refractivity contribution >= 4 is 11.8 Å². The molecule has 13 heavy (non-hydrogen) atoms. The van der Waals surface area contributed by atoms with E-state index in [4.69, 9.17) is 5.11 Å². The molecular weight excluding hydrogens is 180 g/mol. The van der Waals surface area contributed by atoms with E-state index in [1.807, 2.05) is 6.92 Å². The molecule has 2 heteroatoms. The van der Waals surface area contributed by atoms with E-state index < -0.39 is 0 Å². The van der Waals surface area contributed by atoms with E-state index >= 15 is 0 Å². The molecule has 0 aromatic heterocycles. The van der Waals surface area contributed by atoms with Crippen molar-refractivity contribution < 1.29 is 5.11 Å². The molecule has 1 aromatic carbocycles. The zero-order valence-electron chi connectivity index (χ0n) is 8.16. The number of rotatable bonds is 4. The van der Waals surface area contributed by atoms with Gasteiger partial charge in [-0.05, 0) is 19.4 Å². The van der Waals surface area contributed by atoms with E-state index in [1.165, 1.54) is 11.1 Å². The molecule has 0 amide bonds. The Balaban J connectivity index is 2.37. The Morgan fingerprint density at radius 1 is 1.46 bits per heavy atom. The van der Waals surface area contributed by atoms with Gasteiger partial charge in [0.25, 0.3) is 0 Å². The molecule has 72 valence electrons. The highest BCUT2D eigenvalue weighted by Crippen LogP contribution is 2.14. The first-order chi connectivity index (χ1) is 6.18. The quantitative estimate of drug-likeness (QED) is 0.798. The van der Waals surface area contributed by atoms with Gasteiger partial charge in [-0.1, -0.05) is 29.8 Å². The fourth-order valence-electron chi connectivity index (χ4n) is 1.15. The van der Waals surface area contributed by atoms with Crippen LogP contribution in [0.3, 0.4) is 0 Å². The molecule has 0 aliphatic carbocycles. The Kier molecular flexibility index (Phi) is 4.33. The largest absolute Gasteiger partial charge is 0.393 e. The minimum atomic E-state index is -0.199. The summed E-state index contributed by atoms with van der Waals surface area (Å²) in [5, 5.41) is 9.06. The van der Waals surface area contributed by atoms with Crippen molar-refractivity contribution in [3.63, 3.8) is 0 Å². The van der Waals surface area contributed by atoms with Crippen LogP contribution < -0.4 is 0 Å². The minimum absolute atomic E-state index is 0.199. The van der Waals surface area contributed by atoms with Crippen LogP contribution in [0.4, 0.5) is 0 Å². The maximum Gasteiger partial charge on any atom is 0.0602 e. The Hall–Kier alpha value is -0.470. The van der Waals surface area contributed by atoms with Crippen molar-refractivity contribution in [2.45, 2.75) is 25.7 Å². The van der Waals surface area contributed by atoms with Gasteiger partial charge in [-0.2, -0.15) is 11.8 Å². The van der Waals surface area contributed by atoms with E-state index in [0.717, 1.165) is 11.5 Å². The molecule has 0 saturated heterocycles. The second-order valence-electron chi connectivity index (χ2n) is 3.35. The lowest BCUT2D eigenvalue weighted by atomic mass is 10.2. The van der Waals surface area contributed by atoms with Crippen molar-refractivity contribution in [2.75, 3.05) is 5.75 Å².